The fraction of sp³-hybridized carbons (Fsp3) is 0.286. The molecule has 94 valence electrons. The molecule has 0 bridgehead atoms. The second-order valence-electron chi connectivity index (χ2n) is 5.23. The summed E-state index contributed by atoms with van der Waals surface area (Å²) in [7, 11) is 0. The molecule has 2 rings (SSSR count). The van der Waals surface area contributed by atoms with E-state index in [1.54, 1.807) is 0 Å². The van der Waals surface area contributed by atoms with Crippen LogP contribution in [-0.4, -0.2) is 10.9 Å². The molecule has 1 aromatic heterocycles. The van der Waals surface area contributed by atoms with Gasteiger partial charge < -0.3 is 5.73 Å². The Morgan fingerprint density at radius 3 is 2.28 bits per heavy atom. The normalized spacial score (nSPS) is 11.5. The van der Waals surface area contributed by atoms with Crippen LogP contribution in [0.2, 0.25) is 0 Å². The molecule has 2 N–H and O–H groups in total. The van der Waals surface area contributed by atoms with Crippen molar-refractivity contribution in [2.24, 2.45) is 5.73 Å². The number of hydrogen-bond acceptors (Lipinski definition) is 3. The van der Waals surface area contributed by atoms with Crippen LogP contribution < -0.4 is 5.73 Å². The van der Waals surface area contributed by atoms with Gasteiger partial charge in [0.05, 0.1) is 5.69 Å². The third kappa shape index (κ3) is 2.59. The van der Waals surface area contributed by atoms with Gasteiger partial charge in [-0.05, 0) is 11.0 Å². The highest BCUT2D eigenvalue weighted by molar-refractivity contribution is 7.12. The maximum absolute atomic E-state index is 11.0. The Labute approximate surface area is 111 Å². The molecule has 0 aliphatic carbocycles. The van der Waals surface area contributed by atoms with Crippen molar-refractivity contribution in [1.29, 1.82) is 0 Å². The van der Waals surface area contributed by atoms with Crippen LogP contribution in [-0.2, 0) is 5.41 Å². The molecule has 0 saturated carbocycles. The van der Waals surface area contributed by atoms with Gasteiger partial charge in [-0.25, -0.2) is 4.98 Å². The predicted octanol–water partition coefficient (Wildman–Crippen LogP) is 3.21. The first-order valence-electron chi connectivity index (χ1n) is 5.74. The molecule has 0 spiro atoms. The molecule has 0 atom stereocenters. The van der Waals surface area contributed by atoms with Crippen molar-refractivity contribution in [2.45, 2.75) is 26.2 Å². The third-order valence-corrected chi connectivity index (χ3v) is 3.62. The van der Waals surface area contributed by atoms with Crippen molar-refractivity contribution in [1.82, 2.24) is 4.98 Å². The molecule has 1 amide bonds. The quantitative estimate of drug-likeness (QED) is 0.901. The minimum absolute atomic E-state index is 0.138. The highest BCUT2D eigenvalue weighted by atomic mass is 32.1. The first-order chi connectivity index (χ1) is 8.38. The van der Waals surface area contributed by atoms with Gasteiger partial charge in [0.25, 0.3) is 5.91 Å². The van der Waals surface area contributed by atoms with E-state index in [0.29, 0.717) is 5.01 Å². The molecular formula is C14H16N2OS. The van der Waals surface area contributed by atoms with Crippen molar-refractivity contribution >= 4 is 17.2 Å². The van der Waals surface area contributed by atoms with Crippen LogP contribution in [0, 0.1) is 0 Å². The lowest BCUT2D eigenvalue weighted by atomic mass is 9.86. The van der Waals surface area contributed by atoms with Crippen molar-refractivity contribution in [2.75, 3.05) is 0 Å². The second kappa shape index (κ2) is 4.53. The van der Waals surface area contributed by atoms with Crippen LogP contribution in [0.25, 0.3) is 11.3 Å². The Kier molecular flexibility index (Phi) is 3.22. The second-order valence-corrected chi connectivity index (χ2v) is 6.09. The van der Waals surface area contributed by atoms with Crippen molar-refractivity contribution in [3.05, 3.63) is 40.2 Å². The van der Waals surface area contributed by atoms with E-state index in [1.807, 2.05) is 17.5 Å². The smallest absolute Gasteiger partial charge is 0.277 e. The topological polar surface area (TPSA) is 56.0 Å². The SMILES string of the molecule is CC(C)(C)c1ccc(-c2csc(C(N)=O)n2)cc1. The summed E-state index contributed by atoms with van der Waals surface area (Å²) in [6, 6.07) is 8.25. The molecule has 0 unspecified atom stereocenters. The number of nitrogens with two attached hydrogens (primary N) is 1. The number of rotatable bonds is 2. The number of benzene rings is 1. The molecular weight excluding hydrogens is 244 g/mol. The number of hydrogen-bond donors (Lipinski definition) is 1. The number of primary amides is 1. The van der Waals surface area contributed by atoms with Gasteiger partial charge in [0.1, 0.15) is 0 Å². The van der Waals surface area contributed by atoms with Crippen LogP contribution in [0.5, 0.6) is 0 Å². The molecule has 1 heterocycles. The number of amides is 1. The summed E-state index contributed by atoms with van der Waals surface area (Å²) in [6.45, 7) is 6.53. The van der Waals surface area contributed by atoms with E-state index in [0.717, 1.165) is 11.3 Å². The summed E-state index contributed by atoms with van der Waals surface area (Å²) < 4.78 is 0. The standard InChI is InChI=1S/C14H16N2OS/c1-14(2,3)10-6-4-9(5-7-10)11-8-18-13(16-11)12(15)17/h4-8H,1-3H3,(H2,15,17). The summed E-state index contributed by atoms with van der Waals surface area (Å²) in [5.41, 5.74) is 8.41. The lowest BCUT2D eigenvalue weighted by Crippen LogP contribution is -2.10. The maximum atomic E-state index is 11.0. The summed E-state index contributed by atoms with van der Waals surface area (Å²) in [4.78, 5) is 15.2. The van der Waals surface area contributed by atoms with E-state index >= 15 is 0 Å². The first-order valence-corrected chi connectivity index (χ1v) is 6.62. The summed E-state index contributed by atoms with van der Waals surface area (Å²) in [6.07, 6.45) is 0. The molecule has 0 radical (unpaired) electrons. The Morgan fingerprint density at radius 2 is 1.83 bits per heavy atom. The molecule has 18 heavy (non-hydrogen) atoms. The van der Waals surface area contributed by atoms with Crippen LogP contribution in [0.4, 0.5) is 0 Å². The van der Waals surface area contributed by atoms with Gasteiger partial charge >= 0.3 is 0 Å². The predicted molar refractivity (Wildman–Crippen MR) is 74.8 cm³/mol. The molecule has 0 aliphatic rings. The molecule has 1 aromatic carbocycles. The first kappa shape index (κ1) is 12.8. The zero-order valence-corrected chi connectivity index (χ0v) is 11.5. The Morgan fingerprint density at radius 1 is 1.22 bits per heavy atom. The van der Waals surface area contributed by atoms with Crippen LogP contribution in [0.1, 0.15) is 36.1 Å². The Balaban J connectivity index is 2.31. The van der Waals surface area contributed by atoms with Crippen molar-refractivity contribution < 1.29 is 4.79 Å². The number of carbonyl (C=O) groups is 1. The summed E-state index contributed by atoms with van der Waals surface area (Å²) in [5.74, 6) is -0.474. The van der Waals surface area contributed by atoms with Gasteiger partial charge in [-0.15, -0.1) is 11.3 Å². The summed E-state index contributed by atoms with van der Waals surface area (Å²) >= 11 is 1.28. The van der Waals surface area contributed by atoms with E-state index in [-0.39, 0.29) is 5.41 Å². The molecule has 0 aliphatic heterocycles. The fourth-order valence-electron chi connectivity index (χ4n) is 1.66. The summed E-state index contributed by atoms with van der Waals surface area (Å²) in [5, 5.41) is 2.21. The highest BCUT2D eigenvalue weighted by Gasteiger charge is 2.14. The molecule has 2 aromatic rings. The van der Waals surface area contributed by atoms with Gasteiger partial charge in [0.15, 0.2) is 5.01 Å². The average Bonchev–Trinajstić information content (AvgIpc) is 2.77. The zero-order chi connectivity index (χ0) is 13.3. The van der Waals surface area contributed by atoms with Gasteiger partial charge in [-0.3, -0.25) is 4.79 Å². The average molecular weight is 260 g/mol. The monoisotopic (exact) mass is 260 g/mol. The number of aromatic nitrogens is 1. The van der Waals surface area contributed by atoms with E-state index < -0.39 is 5.91 Å². The van der Waals surface area contributed by atoms with E-state index in [4.69, 9.17) is 5.73 Å². The molecule has 3 nitrogen and oxygen atoms in total. The van der Waals surface area contributed by atoms with Gasteiger partial charge in [-0.2, -0.15) is 0 Å². The lowest BCUT2D eigenvalue weighted by molar-refractivity contribution is 0.1000. The van der Waals surface area contributed by atoms with Crippen LogP contribution in [0.15, 0.2) is 29.6 Å². The highest BCUT2D eigenvalue weighted by Crippen LogP contribution is 2.26. The molecule has 4 heteroatoms. The van der Waals surface area contributed by atoms with Crippen molar-refractivity contribution in [3.8, 4) is 11.3 Å². The number of nitrogens with zero attached hydrogens (tertiary/aromatic N) is 1. The van der Waals surface area contributed by atoms with Crippen LogP contribution in [0.3, 0.4) is 0 Å². The minimum Gasteiger partial charge on any atom is -0.364 e. The van der Waals surface area contributed by atoms with E-state index in [1.165, 1.54) is 16.9 Å². The van der Waals surface area contributed by atoms with Crippen molar-refractivity contribution in [3.63, 3.8) is 0 Å². The largest absolute Gasteiger partial charge is 0.364 e. The fourth-order valence-corrected chi connectivity index (χ4v) is 2.34. The third-order valence-electron chi connectivity index (χ3n) is 2.76. The van der Waals surface area contributed by atoms with Gasteiger partial charge in [-0.1, -0.05) is 45.0 Å². The van der Waals surface area contributed by atoms with E-state index in [2.05, 4.69) is 37.9 Å². The Hall–Kier alpha value is -1.68. The minimum atomic E-state index is -0.474. The molecule has 0 fully saturated rings. The number of carbonyl (C=O) groups excluding carboxylic acids is 1. The Bertz CT molecular complexity index is 564. The van der Waals surface area contributed by atoms with Gasteiger partial charge in [0.2, 0.25) is 0 Å². The van der Waals surface area contributed by atoms with Crippen LogP contribution >= 0.6 is 11.3 Å². The van der Waals surface area contributed by atoms with Gasteiger partial charge in [0, 0.05) is 10.9 Å². The lowest BCUT2D eigenvalue weighted by Gasteiger charge is -2.18. The van der Waals surface area contributed by atoms with E-state index in [9.17, 15) is 4.79 Å². The maximum Gasteiger partial charge on any atom is 0.277 e. The molecule has 0 saturated heterocycles. The number of thiazole rings is 1. The zero-order valence-electron chi connectivity index (χ0n) is 10.7.